The molecule has 0 spiro atoms. The van der Waals surface area contributed by atoms with Crippen molar-refractivity contribution < 1.29 is 9.13 Å². The Bertz CT molecular complexity index is 760. The van der Waals surface area contributed by atoms with E-state index in [9.17, 15) is 4.39 Å². The molecule has 3 aromatic rings. The van der Waals surface area contributed by atoms with Crippen LogP contribution in [0, 0.1) is 5.82 Å². The Morgan fingerprint density at radius 2 is 1.82 bits per heavy atom. The monoisotopic (exact) mass is 357 g/mol. The maximum Gasteiger partial charge on any atom is 0.165 e. The predicted octanol–water partition coefficient (Wildman–Crippen LogP) is 5.23. The van der Waals surface area contributed by atoms with Crippen molar-refractivity contribution in [2.75, 3.05) is 0 Å². The van der Waals surface area contributed by atoms with Gasteiger partial charge in [-0.25, -0.2) is 4.39 Å². The van der Waals surface area contributed by atoms with E-state index in [1.807, 2.05) is 42.5 Å². The smallest absolute Gasteiger partial charge is 0.165 e. The van der Waals surface area contributed by atoms with Gasteiger partial charge in [0.15, 0.2) is 11.6 Å². The molecule has 0 saturated heterocycles. The van der Waals surface area contributed by atoms with E-state index in [-0.39, 0.29) is 5.75 Å². The molecule has 0 radical (unpaired) electrons. The number of pyridine rings is 1. The fourth-order valence-corrected chi connectivity index (χ4v) is 2.29. The molecule has 0 unspecified atom stereocenters. The first-order chi connectivity index (χ1) is 10.7. The fraction of sp³-hybridized carbons (Fsp3) is 0.0556. The third-order valence-electron chi connectivity index (χ3n) is 3.19. The molecule has 0 atom stereocenters. The first-order valence-electron chi connectivity index (χ1n) is 6.80. The number of benzene rings is 2. The van der Waals surface area contributed by atoms with Gasteiger partial charge in [0, 0.05) is 16.2 Å². The molecule has 0 N–H and O–H groups in total. The Balaban J connectivity index is 1.76. The molecular formula is C18H13BrFNO. The van der Waals surface area contributed by atoms with E-state index in [4.69, 9.17) is 4.74 Å². The average Bonchev–Trinajstić information content (AvgIpc) is 2.55. The van der Waals surface area contributed by atoms with Gasteiger partial charge in [0.05, 0.1) is 5.69 Å². The third kappa shape index (κ3) is 3.52. The van der Waals surface area contributed by atoms with Gasteiger partial charge in [0.2, 0.25) is 0 Å². The lowest BCUT2D eigenvalue weighted by molar-refractivity contribution is 0.290. The van der Waals surface area contributed by atoms with Crippen molar-refractivity contribution in [2.24, 2.45) is 0 Å². The molecule has 3 rings (SSSR count). The van der Waals surface area contributed by atoms with Crippen LogP contribution in [0.15, 0.2) is 71.3 Å². The van der Waals surface area contributed by atoms with Gasteiger partial charge in [0.25, 0.3) is 0 Å². The average molecular weight is 358 g/mol. The molecule has 2 nitrogen and oxygen atoms in total. The molecule has 0 aliphatic carbocycles. The Kier molecular flexibility index (Phi) is 4.49. The second-order valence-corrected chi connectivity index (χ2v) is 5.70. The molecule has 0 aliphatic rings. The number of rotatable bonds is 4. The van der Waals surface area contributed by atoms with Crippen molar-refractivity contribution in [1.82, 2.24) is 4.98 Å². The van der Waals surface area contributed by atoms with Crippen molar-refractivity contribution >= 4 is 15.9 Å². The Morgan fingerprint density at radius 3 is 2.50 bits per heavy atom. The summed E-state index contributed by atoms with van der Waals surface area (Å²) in [4.78, 5) is 4.26. The maximum atomic E-state index is 14.2. The summed E-state index contributed by atoms with van der Waals surface area (Å²) in [5.74, 6) is -0.150. The second-order valence-electron chi connectivity index (χ2n) is 4.78. The molecule has 0 bridgehead atoms. The largest absolute Gasteiger partial charge is 0.486 e. The van der Waals surface area contributed by atoms with Crippen LogP contribution in [0.2, 0.25) is 0 Å². The van der Waals surface area contributed by atoms with E-state index in [1.54, 1.807) is 18.3 Å². The fourth-order valence-electron chi connectivity index (χ4n) is 2.06. The van der Waals surface area contributed by atoms with Crippen molar-refractivity contribution in [3.8, 4) is 17.0 Å². The number of hydrogen-bond donors (Lipinski definition) is 0. The molecule has 0 fully saturated rings. The van der Waals surface area contributed by atoms with Crippen LogP contribution < -0.4 is 4.74 Å². The Labute approximate surface area is 136 Å². The molecule has 2 aromatic carbocycles. The number of hydrogen-bond acceptors (Lipinski definition) is 2. The van der Waals surface area contributed by atoms with Gasteiger partial charge < -0.3 is 4.74 Å². The van der Waals surface area contributed by atoms with Crippen LogP contribution in [0.4, 0.5) is 4.39 Å². The summed E-state index contributed by atoms with van der Waals surface area (Å²) in [5.41, 5.74) is 2.44. The zero-order valence-corrected chi connectivity index (χ0v) is 13.3. The highest BCUT2D eigenvalue weighted by Crippen LogP contribution is 2.25. The summed E-state index contributed by atoms with van der Waals surface area (Å²) in [5, 5.41) is 0. The highest BCUT2D eigenvalue weighted by Gasteiger charge is 2.07. The minimum atomic E-state index is -0.391. The van der Waals surface area contributed by atoms with E-state index in [1.165, 1.54) is 6.07 Å². The topological polar surface area (TPSA) is 22.1 Å². The summed E-state index contributed by atoms with van der Waals surface area (Å²) < 4.78 is 20.6. The van der Waals surface area contributed by atoms with Crippen LogP contribution in [0.3, 0.4) is 0 Å². The minimum Gasteiger partial charge on any atom is -0.486 e. The molecule has 110 valence electrons. The minimum absolute atomic E-state index is 0.240. The highest BCUT2D eigenvalue weighted by molar-refractivity contribution is 9.10. The number of ether oxygens (including phenoxy) is 1. The standard InChI is InChI=1S/C18H13BrFNO/c19-15-7-8-17(21-11-15)14-6-9-18(16(20)10-14)22-12-13-4-2-1-3-5-13/h1-11H,12H2. The quantitative estimate of drug-likeness (QED) is 0.637. The Hall–Kier alpha value is -2.20. The summed E-state index contributed by atoms with van der Waals surface area (Å²) >= 11 is 3.33. The predicted molar refractivity (Wildman–Crippen MR) is 88.1 cm³/mol. The molecule has 0 amide bonds. The van der Waals surface area contributed by atoms with Crippen molar-refractivity contribution in [3.63, 3.8) is 0 Å². The zero-order chi connectivity index (χ0) is 15.4. The zero-order valence-electron chi connectivity index (χ0n) is 11.7. The van der Waals surface area contributed by atoms with Crippen LogP contribution in [-0.4, -0.2) is 4.98 Å². The van der Waals surface area contributed by atoms with Crippen LogP contribution in [0.1, 0.15) is 5.56 Å². The highest BCUT2D eigenvalue weighted by atomic mass is 79.9. The van der Waals surface area contributed by atoms with Crippen LogP contribution >= 0.6 is 15.9 Å². The lowest BCUT2D eigenvalue weighted by Gasteiger charge is -2.09. The SMILES string of the molecule is Fc1cc(-c2ccc(Br)cn2)ccc1OCc1ccccc1. The lowest BCUT2D eigenvalue weighted by atomic mass is 10.1. The van der Waals surface area contributed by atoms with Gasteiger partial charge in [-0.2, -0.15) is 0 Å². The molecule has 0 aliphatic heterocycles. The lowest BCUT2D eigenvalue weighted by Crippen LogP contribution is -1.97. The van der Waals surface area contributed by atoms with Gasteiger partial charge in [-0.1, -0.05) is 30.3 Å². The van der Waals surface area contributed by atoms with Gasteiger partial charge in [-0.05, 0) is 51.8 Å². The van der Waals surface area contributed by atoms with Crippen molar-refractivity contribution in [3.05, 3.63) is 82.7 Å². The first-order valence-corrected chi connectivity index (χ1v) is 7.60. The Morgan fingerprint density at radius 1 is 1.00 bits per heavy atom. The van der Waals surface area contributed by atoms with Crippen molar-refractivity contribution in [1.29, 1.82) is 0 Å². The van der Waals surface area contributed by atoms with E-state index >= 15 is 0 Å². The molecule has 1 heterocycles. The van der Waals surface area contributed by atoms with Crippen LogP contribution in [0.25, 0.3) is 11.3 Å². The molecule has 1 aromatic heterocycles. The van der Waals surface area contributed by atoms with E-state index in [0.717, 1.165) is 21.3 Å². The summed E-state index contributed by atoms with van der Waals surface area (Å²) in [6.07, 6.45) is 1.69. The number of nitrogens with zero attached hydrogens (tertiary/aromatic N) is 1. The maximum absolute atomic E-state index is 14.2. The van der Waals surface area contributed by atoms with Crippen molar-refractivity contribution in [2.45, 2.75) is 6.61 Å². The molecule has 0 saturated carbocycles. The summed E-state index contributed by atoms with van der Waals surface area (Å²) in [6.45, 7) is 0.341. The van der Waals surface area contributed by atoms with E-state index < -0.39 is 5.82 Å². The van der Waals surface area contributed by atoms with E-state index in [2.05, 4.69) is 20.9 Å². The van der Waals surface area contributed by atoms with Gasteiger partial charge in [-0.15, -0.1) is 0 Å². The first kappa shape index (κ1) is 14.7. The molecule has 4 heteroatoms. The van der Waals surface area contributed by atoms with Crippen LogP contribution in [-0.2, 0) is 6.61 Å². The van der Waals surface area contributed by atoms with Gasteiger partial charge in [-0.3, -0.25) is 4.98 Å². The normalized spacial score (nSPS) is 10.5. The van der Waals surface area contributed by atoms with Gasteiger partial charge >= 0.3 is 0 Å². The number of halogens is 2. The molecule has 22 heavy (non-hydrogen) atoms. The number of aromatic nitrogens is 1. The second kappa shape index (κ2) is 6.71. The van der Waals surface area contributed by atoms with Crippen LogP contribution in [0.5, 0.6) is 5.75 Å². The van der Waals surface area contributed by atoms with E-state index in [0.29, 0.717) is 6.61 Å². The third-order valence-corrected chi connectivity index (χ3v) is 3.66. The summed E-state index contributed by atoms with van der Waals surface area (Å²) in [6, 6.07) is 18.3. The summed E-state index contributed by atoms with van der Waals surface area (Å²) in [7, 11) is 0. The van der Waals surface area contributed by atoms with Gasteiger partial charge in [0.1, 0.15) is 6.61 Å². The molecular weight excluding hydrogens is 345 g/mol.